The minimum atomic E-state index is -0.841. The summed E-state index contributed by atoms with van der Waals surface area (Å²) in [5, 5.41) is 22.4. The smallest absolute Gasteiger partial charge is 0.307 e. The van der Waals surface area contributed by atoms with E-state index in [0.29, 0.717) is 24.3 Å². The summed E-state index contributed by atoms with van der Waals surface area (Å²) >= 11 is 0. The van der Waals surface area contributed by atoms with Gasteiger partial charge in [-0.05, 0) is 61.7 Å². The van der Waals surface area contributed by atoms with Crippen LogP contribution >= 0.6 is 0 Å². The molecule has 23 heavy (non-hydrogen) atoms. The summed E-state index contributed by atoms with van der Waals surface area (Å²) in [5.41, 5.74) is 0. The van der Waals surface area contributed by atoms with Crippen molar-refractivity contribution in [1.29, 1.82) is 0 Å². The second-order valence-electron chi connectivity index (χ2n) is 7.98. The molecule has 0 aromatic carbocycles. The lowest BCUT2D eigenvalue weighted by Crippen LogP contribution is -2.49. The van der Waals surface area contributed by atoms with Crippen molar-refractivity contribution in [2.45, 2.75) is 38.2 Å². The van der Waals surface area contributed by atoms with Crippen LogP contribution in [0.1, 0.15) is 32.1 Å². The average Bonchev–Trinajstić information content (AvgIpc) is 3.11. The van der Waals surface area contributed by atoms with Crippen LogP contribution in [0.2, 0.25) is 0 Å². The standard InChI is InChI=1S/C18H25NO4/c20-14-7-11-5-12(14)6-13(11)8-19-17(21)15-9-1-3-10(4-2-9)16(15)18(22)23/h1,3,9-16,20H,2,4-8H2,(H,19,21)(H,22,23)/t9?,10?,11-,12-,13+,14-,15+,16-/m1/s1. The van der Waals surface area contributed by atoms with Gasteiger partial charge in [-0.25, -0.2) is 0 Å². The fourth-order valence-corrected chi connectivity index (χ4v) is 5.65. The van der Waals surface area contributed by atoms with E-state index in [2.05, 4.69) is 5.32 Å². The Morgan fingerprint density at radius 2 is 1.70 bits per heavy atom. The number of fused-ring (bicyclic) bond motifs is 4. The van der Waals surface area contributed by atoms with Crippen molar-refractivity contribution in [3.05, 3.63) is 12.2 Å². The van der Waals surface area contributed by atoms with Crippen LogP contribution in [-0.2, 0) is 9.59 Å². The molecular weight excluding hydrogens is 294 g/mol. The first-order valence-electron chi connectivity index (χ1n) is 8.91. The highest BCUT2D eigenvalue weighted by atomic mass is 16.4. The number of aliphatic carboxylic acids is 1. The quantitative estimate of drug-likeness (QED) is 0.684. The van der Waals surface area contributed by atoms with Gasteiger partial charge in [0.25, 0.3) is 0 Å². The second-order valence-corrected chi connectivity index (χ2v) is 7.98. The number of aliphatic hydroxyl groups is 1. The number of allylic oxidation sites excluding steroid dienone is 2. The molecule has 1 amide bonds. The lowest BCUT2D eigenvalue weighted by atomic mass is 9.62. The number of hydrogen-bond acceptors (Lipinski definition) is 3. The van der Waals surface area contributed by atoms with Gasteiger partial charge in [0, 0.05) is 6.54 Å². The Bertz CT molecular complexity index is 543. The molecule has 0 spiro atoms. The molecule has 4 bridgehead atoms. The molecule has 0 aliphatic heterocycles. The van der Waals surface area contributed by atoms with Crippen LogP contribution in [0.15, 0.2) is 12.2 Å². The van der Waals surface area contributed by atoms with Crippen molar-refractivity contribution in [1.82, 2.24) is 5.32 Å². The maximum atomic E-state index is 12.7. The summed E-state index contributed by atoms with van der Waals surface area (Å²) in [6, 6.07) is 0. The van der Waals surface area contributed by atoms with Crippen molar-refractivity contribution in [3.63, 3.8) is 0 Å². The number of nitrogens with one attached hydrogen (secondary N) is 1. The molecule has 5 nitrogen and oxygen atoms in total. The van der Waals surface area contributed by atoms with Gasteiger partial charge >= 0.3 is 5.97 Å². The molecule has 3 saturated carbocycles. The number of hydrogen-bond donors (Lipinski definition) is 3. The Labute approximate surface area is 136 Å². The Kier molecular flexibility index (Phi) is 3.71. The van der Waals surface area contributed by atoms with Crippen LogP contribution in [0.5, 0.6) is 0 Å². The number of amides is 1. The van der Waals surface area contributed by atoms with Crippen molar-refractivity contribution in [2.24, 2.45) is 41.4 Å². The topological polar surface area (TPSA) is 86.6 Å². The number of carboxylic acids is 1. The molecule has 126 valence electrons. The molecule has 0 aromatic heterocycles. The predicted molar refractivity (Wildman–Crippen MR) is 83.3 cm³/mol. The Morgan fingerprint density at radius 1 is 1.00 bits per heavy atom. The molecule has 0 heterocycles. The third kappa shape index (κ3) is 2.49. The number of carbonyl (C=O) groups excluding carboxylic acids is 1. The number of rotatable bonds is 4. The molecule has 5 rings (SSSR count). The summed E-state index contributed by atoms with van der Waals surface area (Å²) in [6.07, 6.45) is 8.62. The van der Waals surface area contributed by atoms with Gasteiger partial charge in [-0.3, -0.25) is 9.59 Å². The molecular formula is C18H25NO4. The highest BCUT2D eigenvalue weighted by Crippen LogP contribution is 2.48. The zero-order chi connectivity index (χ0) is 16.1. The number of carboxylic acid groups (broad SMARTS) is 1. The molecule has 2 unspecified atom stereocenters. The van der Waals surface area contributed by atoms with Gasteiger partial charge in [0.15, 0.2) is 0 Å². The van der Waals surface area contributed by atoms with Gasteiger partial charge in [0.1, 0.15) is 0 Å². The minimum Gasteiger partial charge on any atom is -0.481 e. The normalized spacial score (nSPS) is 47.0. The van der Waals surface area contributed by atoms with Crippen molar-refractivity contribution < 1.29 is 19.8 Å². The van der Waals surface area contributed by atoms with Crippen molar-refractivity contribution in [3.8, 4) is 0 Å². The van der Waals surface area contributed by atoms with Crippen LogP contribution in [0.3, 0.4) is 0 Å². The summed E-state index contributed by atoms with van der Waals surface area (Å²) < 4.78 is 0. The molecule has 0 radical (unpaired) electrons. The van der Waals surface area contributed by atoms with E-state index in [1.807, 2.05) is 12.2 Å². The first-order chi connectivity index (χ1) is 11.0. The van der Waals surface area contributed by atoms with Gasteiger partial charge in [-0.2, -0.15) is 0 Å². The number of aliphatic hydroxyl groups excluding tert-OH is 1. The highest BCUT2D eigenvalue weighted by molar-refractivity contribution is 5.86. The minimum absolute atomic E-state index is 0.00545. The van der Waals surface area contributed by atoms with Crippen LogP contribution in [0, 0.1) is 41.4 Å². The SMILES string of the molecule is O=C(O)[C@@H]1C2C=CC(CC2)[C@@H]1C(=O)NC[C@@H]1C[C@H]2C[C@@H]1C[C@H]2O. The molecule has 8 atom stereocenters. The van der Waals surface area contributed by atoms with Gasteiger partial charge in [0.05, 0.1) is 17.9 Å². The summed E-state index contributed by atoms with van der Waals surface area (Å²) in [4.78, 5) is 24.3. The third-order valence-corrected chi connectivity index (χ3v) is 6.84. The van der Waals surface area contributed by atoms with E-state index in [9.17, 15) is 19.8 Å². The average molecular weight is 319 g/mol. The van der Waals surface area contributed by atoms with Crippen LogP contribution in [0.25, 0.3) is 0 Å². The van der Waals surface area contributed by atoms with E-state index in [1.165, 1.54) is 0 Å². The van der Waals surface area contributed by atoms with Gasteiger partial charge < -0.3 is 15.5 Å². The third-order valence-electron chi connectivity index (χ3n) is 6.84. The molecule has 5 aliphatic rings. The maximum absolute atomic E-state index is 12.7. The lowest BCUT2D eigenvalue weighted by molar-refractivity contribution is -0.153. The Morgan fingerprint density at radius 3 is 2.22 bits per heavy atom. The second kappa shape index (κ2) is 5.62. The fraction of sp³-hybridized carbons (Fsp3) is 0.778. The van der Waals surface area contributed by atoms with Crippen LogP contribution in [0.4, 0.5) is 0 Å². The highest BCUT2D eigenvalue weighted by Gasteiger charge is 2.49. The summed E-state index contributed by atoms with van der Waals surface area (Å²) in [5.74, 6) is -0.454. The molecule has 3 fully saturated rings. The van der Waals surface area contributed by atoms with E-state index in [1.54, 1.807) is 0 Å². The Hall–Kier alpha value is -1.36. The van der Waals surface area contributed by atoms with Crippen LogP contribution in [-0.4, -0.2) is 34.7 Å². The molecule has 5 heteroatoms. The summed E-state index contributed by atoms with van der Waals surface area (Å²) in [7, 11) is 0. The van der Waals surface area contributed by atoms with E-state index >= 15 is 0 Å². The van der Waals surface area contributed by atoms with Gasteiger partial charge in [-0.1, -0.05) is 12.2 Å². The molecule has 5 aliphatic carbocycles. The molecule has 3 N–H and O–H groups in total. The first kappa shape index (κ1) is 15.2. The van der Waals surface area contributed by atoms with E-state index in [0.717, 1.165) is 32.1 Å². The molecule has 0 saturated heterocycles. The van der Waals surface area contributed by atoms with Gasteiger partial charge in [0.2, 0.25) is 5.91 Å². The predicted octanol–water partition coefficient (Wildman–Crippen LogP) is 1.42. The largest absolute Gasteiger partial charge is 0.481 e. The van der Waals surface area contributed by atoms with Crippen LogP contribution < -0.4 is 5.32 Å². The number of carbonyl (C=O) groups is 2. The monoisotopic (exact) mass is 319 g/mol. The van der Waals surface area contributed by atoms with E-state index in [4.69, 9.17) is 0 Å². The van der Waals surface area contributed by atoms with E-state index < -0.39 is 17.8 Å². The summed E-state index contributed by atoms with van der Waals surface area (Å²) in [6.45, 7) is 0.636. The maximum Gasteiger partial charge on any atom is 0.307 e. The zero-order valence-electron chi connectivity index (χ0n) is 13.2. The lowest BCUT2D eigenvalue weighted by Gasteiger charge is -2.42. The fourth-order valence-electron chi connectivity index (χ4n) is 5.65. The van der Waals surface area contributed by atoms with Gasteiger partial charge in [-0.15, -0.1) is 0 Å². The molecule has 0 aromatic rings. The Balaban J connectivity index is 1.39. The first-order valence-corrected chi connectivity index (χ1v) is 8.91. The van der Waals surface area contributed by atoms with Crippen molar-refractivity contribution in [2.75, 3.05) is 6.54 Å². The zero-order valence-corrected chi connectivity index (χ0v) is 13.2. The van der Waals surface area contributed by atoms with E-state index in [-0.39, 0.29) is 23.8 Å². The van der Waals surface area contributed by atoms with Crippen molar-refractivity contribution >= 4 is 11.9 Å².